The molecule has 1 aromatic carbocycles. The van der Waals surface area contributed by atoms with E-state index in [4.69, 9.17) is 17.2 Å². The Morgan fingerprint density at radius 3 is 1.22 bits per heavy atom. The minimum absolute atomic E-state index is 0.0310. The number of primary amides is 3. The van der Waals surface area contributed by atoms with E-state index in [1.54, 1.807) is 78.8 Å². The zero-order valence-electron chi connectivity index (χ0n) is 84.8. The summed E-state index contributed by atoms with van der Waals surface area (Å²) in [5.41, 5.74) is 1.26. The molecule has 0 radical (unpaired) electrons. The SMILES string of the molecule is CCC(C)(NC(=O)C(C)(C)NC(=O)C(NC(=O)C1CCCN1C(=O)C(C)(C)NC(=O)C(NC(=O)CNC(=O)C(C)(C)NC(=O)C(NC(=O)C(C)(C)NC(=O)C(CCC(N)=O)NC(=O)C(C)(C)NC(=O)C(C)(C)NC(=O)C(C)NC(=O)C(C)(C)NC(=O)C(C)NC(=O)C(C)(C)NC(C)=O)C(C)C)C(C)C)C(C)C)C(=O)CC(CCC(N)=O)C(=O)NC(CCC(N)=O)C(=O)NC(CO)Cc1ccccc1. The number of aliphatic hydroxyl groups is 1. The fraction of sp³-hybridized carbons (Fsp3) is 0.685. The smallest absolute Gasteiger partial charge is 0.248 e. The molecule has 22 amide bonds. The van der Waals surface area contributed by atoms with Crippen LogP contribution in [-0.2, 0) is 117 Å². The van der Waals surface area contributed by atoms with Crippen LogP contribution in [0.2, 0.25) is 0 Å². The minimum Gasteiger partial charge on any atom is -0.394 e. The molecule has 46 heteroatoms. The summed E-state index contributed by atoms with van der Waals surface area (Å²) < 4.78 is 0. The summed E-state index contributed by atoms with van der Waals surface area (Å²) in [6, 6.07) is -2.76. The standard InChI is InChI=1S/C92H152N22O24/c1-28-92(27,59(117)44-54(36-39-60(93)118)69(124)100-56(37-40-61(94)119)70(125)99-55(46-115)43-53-33-30-29-31-34-53)113-82(137)90(23,24)110-74(129)65(48(4)5)103-72(127)58-35-32-42-114(58)83(138)91(25,26)111-73(128)64(47(2)3)102-63(121)45-96-76(131)84(11,12)109-75(130)66(49(6)7)104-80(135)87(17,18)108-71(126)57(38-41-62(95)120)101-79(134)88(19,20)112-81(136)89(21,22)107-68(123)51(9)98-78(133)86(15,16)106-67(122)50(8)97-77(132)85(13,14)105-52(10)116/h29-31,33-34,47-51,54-58,64-66,115H,28,32,35-46H2,1-27H3,(H2,93,118)(H2,94,119)(H2,95,120)(H,96,131)(H,97,132)(H,98,133)(H,99,125)(H,100,124)(H,101,134)(H,102,121)(H,103,127)(H,104,135)(H,105,116)(H,106,122)(H,107,123)(H,108,126)(H,109,130)(H,110,129)(H,111,128)(H,112,136)(H,113,137). The number of carbonyl (C=O) groups excluding carboxylic acids is 23. The highest BCUT2D eigenvalue weighted by atomic mass is 16.3. The van der Waals surface area contributed by atoms with Gasteiger partial charge >= 0.3 is 0 Å². The molecule has 1 aliphatic heterocycles. The molecule has 11 unspecified atom stereocenters. The molecule has 0 spiro atoms. The van der Waals surface area contributed by atoms with Gasteiger partial charge in [-0.05, 0) is 200 Å². The first-order valence-corrected chi connectivity index (χ1v) is 46.0. The van der Waals surface area contributed by atoms with Crippen LogP contribution in [0.1, 0.15) is 257 Å². The van der Waals surface area contributed by atoms with Crippen LogP contribution in [0.4, 0.5) is 0 Å². The molecule has 1 heterocycles. The number of benzene rings is 1. The van der Waals surface area contributed by atoms with E-state index in [9.17, 15) is 115 Å². The number of aliphatic hydroxyl groups excluding tert-OH is 1. The van der Waals surface area contributed by atoms with Crippen molar-refractivity contribution >= 4 is 136 Å². The van der Waals surface area contributed by atoms with Gasteiger partial charge < -0.3 is 123 Å². The number of ketones is 1. The second-order valence-electron chi connectivity index (χ2n) is 40.7. The zero-order chi connectivity index (χ0) is 107. The maximum absolute atomic E-state index is 14.6. The van der Waals surface area contributed by atoms with Gasteiger partial charge in [0.2, 0.25) is 130 Å². The second-order valence-corrected chi connectivity index (χ2v) is 40.7. The quantitative estimate of drug-likeness (QED) is 0.0296. The summed E-state index contributed by atoms with van der Waals surface area (Å²) in [5.74, 6) is -22.6. The summed E-state index contributed by atoms with van der Waals surface area (Å²) in [6.45, 7) is 36.2. The van der Waals surface area contributed by atoms with Crippen LogP contribution in [0.5, 0.6) is 0 Å². The molecule has 1 fully saturated rings. The van der Waals surface area contributed by atoms with E-state index in [1.807, 2.05) is 0 Å². The predicted molar refractivity (Wildman–Crippen MR) is 505 cm³/mol. The summed E-state index contributed by atoms with van der Waals surface area (Å²) in [4.78, 5) is 314. The van der Waals surface area contributed by atoms with Crippen LogP contribution in [0, 0.1) is 23.7 Å². The van der Waals surface area contributed by atoms with Crippen molar-refractivity contribution < 1.29 is 115 Å². The Balaban J connectivity index is 2.18. The molecule has 774 valence electrons. The Labute approximate surface area is 806 Å². The van der Waals surface area contributed by atoms with Gasteiger partial charge in [0.15, 0.2) is 5.78 Å². The lowest BCUT2D eigenvalue weighted by molar-refractivity contribution is -0.146. The lowest BCUT2D eigenvalue weighted by Crippen LogP contribution is -2.67. The topological polar surface area (TPSA) is 711 Å². The summed E-state index contributed by atoms with van der Waals surface area (Å²) >= 11 is 0. The van der Waals surface area contributed by atoms with Gasteiger partial charge in [-0.25, -0.2) is 0 Å². The number of amides is 22. The van der Waals surface area contributed by atoms with Crippen LogP contribution in [0.25, 0.3) is 0 Å². The average molecular weight is 1950 g/mol. The summed E-state index contributed by atoms with van der Waals surface area (Å²) in [6.07, 6.45) is -2.23. The van der Waals surface area contributed by atoms with Gasteiger partial charge in [0, 0.05) is 45.1 Å². The van der Waals surface area contributed by atoms with Crippen LogP contribution >= 0.6 is 0 Å². The van der Waals surface area contributed by atoms with Crippen LogP contribution in [-0.4, -0.2) is 270 Å². The maximum Gasteiger partial charge on any atom is 0.248 e. The van der Waals surface area contributed by atoms with Crippen molar-refractivity contribution in [1.29, 1.82) is 0 Å². The first kappa shape index (κ1) is 121. The Morgan fingerprint density at radius 1 is 0.399 bits per heavy atom. The molecule has 0 aliphatic carbocycles. The van der Waals surface area contributed by atoms with E-state index >= 15 is 0 Å². The monoisotopic (exact) mass is 1950 g/mol. The molecule has 138 heavy (non-hydrogen) atoms. The molecule has 1 aliphatic rings. The van der Waals surface area contributed by atoms with Crippen molar-refractivity contribution in [2.24, 2.45) is 40.9 Å². The number of hydrogen-bond acceptors (Lipinski definition) is 24. The number of likely N-dealkylation sites (tertiary alicyclic amines) is 1. The number of Topliss-reactive ketones (excluding diaryl/α,β-unsaturated/α-hetero) is 1. The van der Waals surface area contributed by atoms with Crippen LogP contribution in [0.3, 0.4) is 0 Å². The van der Waals surface area contributed by atoms with Crippen molar-refractivity contribution in [2.75, 3.05) is 19.7 Å². The number of nitrogens with zero attached hydrogens (tertiary/aromatic N) is 1. The third-order valence-corrected chi connectivity index (χ3v) is 23.3. The van der Waals surface area contributed by atoms with Crippen molar-refractivity contribution in [3.05, 3.63) is 35.9 Å². The van der Waals surface area contributed by atoms with E-state index < -0.39 is 296 Å². The van der Waals surface area contributed by atoms with Gasteiger partial charge in [0.1, 0.15) is 92.6 Å². The molecule has 0 bridgehead atoms. The molecule has 1 saturated heterocycles. The molecule has 0 aromatic heterocycles. The lowest BCUT2D eigenvalue weighted by atomic mass is 9.84. The Hall–Kier alpha value is -12.8. The molecule has 2 rings (SSSR count). The van der Waals surface area contributed by atoms with Gasteiger partial charge in [0.25, 0.3) is 0 Å². The van der Waals surface area contributed by atoms with E-state index in [2.05, 4.69) is 95.7 Å². The first-order chi connectivity index (χ1) is 63.1. The van der Waals surface area contributed by atoms with Crippen molar-refractivity contribution in [3.63, 3.8) is 0 Å². The second kappa shape index (κ2) is 51.0. The first-order valence-electron chi connectivity index (χ1n) is 46.0. The normalized spacial score (nSPS) is 15.6. The molecule has 0 saturated carbocycles. The largest absolute Gasteiger partial charge is 0.394 e. The third-order valence-electron chi connectivity index (χ3n) is 23.3. The van der Waals surface area contributed by atoms with Crippen molar-refractivity contribution in [3.8, 4) is 0 Å². The van der Waals surface area contributed by atoms with Gasteiger partial charge in [0.05, 0.1) is 24.7 Å². The molecular formula is C92H152N22O24. The molecule has 11 atom stereocenters. The van der Waals surface area contributed by atoms with Crippen molar-refractivity contribution in [2.45, 2.75) is 362 Å². The highest BCUT2D eigenvalue weighted by Gasteiger charge is 2.49. The molecular weight excluding hydrogens is 1800 g/mol. The number of nitrogens with one attached hydrogen (secondary N) is 18. The highest BCUT2D eigenvalue weighted by Crippen LogP contribution is 2.27. The fourth-order valence-electron chi connectivity index (χ4n) is 14.0. The lowest BCUT2D eigenvalue weighted by Gasteiger charge is -2.36. The fourth-order valence-corrected chi connectivity index (χ4v) is 14.0. The van der Waals surface area contributed by atoms with Crippen molar-refractivity contribution in [1.82, 2.24) is 101 Å². The van der Waals surface area contributed by atoms with E-state index in [1.165, 1.54) is 143 Å². The Morgan fingerprint density at radius 2 is 0.775 bits per heavy atom. The summed E-state index contributed by atoms with van der Waals surface area (Å²) in [5, 5.41) is 56.0. The van der Waals surface area contributed by atoms with Crippen LogP contribution in [0.15, 0.2) is 30.3 Å². The Bertz CT molecular complexity index is 4660. The highest BCUT2D eigenvalue weighted by molar-refractivity contribution is 6.05. The summed E-state index contributed by atoms with van der Waals surface area (Å²) in [7, 11) is 0. The predicted octanol–water partition coefficient (Wildman–Crippen LogP) is -3.95. The number of hydrogen-bond donors (Lipinski definition) is 22. The molecule has 46 nitrogen and oxygen atoms in total. The third kappa shape index (κ3) is 37.6. The van der Waals surface area contributed by atoms with Gasteiger partial charge in [-0.1, -0.05) is 78.8 Å². The number of rotatable bonds is 55. The van der Waals surface area contributed by atoms with Gasteiger partial charge in [-0.3, -0.25) is 110 Å². The van der Waals surface area contributed by atoms with Gasteiger partial charge in [-0.2, -0.15) is 0 Å². The van der Waals surface area contributed by atoms with E-state index in [-0.39, 0.29) is 51.5 Å². The molecule has 1 aromatic rings. The number of carbonyl (C=O) groups is 23. The minimum atomic E-state index is -1.92. The van der Waals surface area contributed by atoms with Gasteiger partial charge in [-0.15, -0.1) is 0 Å². The van der Waals surface area contributed by atoms with Crippen LogP contribution < -0.4 is 113 Å². The number of nitrogens with two attached hydrogens (primary N) is 3. The zero-order valence-corrected chi connectivity index (χ0v) is 84.8. The van der Waals surface area contributed by atoms with E-state index in [0.29, 0.717) is 6.42 Å². The van der Waals surface area contributed by atoms with E-state index in [0.717, 1.165) is 5.56 Å². The molecule has 25 N–H and O–H groups in total. The maximum atomic E-state index is 14.6. The Kier molecular flexibility index (Phi) is 44.8. The average Bonchev–Trinajstić information content (AvgIpc) is 1.46.